The fraction of sp³-hybridized carbons (Fsp3) is 0.417. The van der Waals surface area contributed by atoms with Crippen LogP contribution in [-0.4, -0.2) is 42.4 Å². The highest BCUT2D eigenvalue weighted by Crippen LogP contribution is 2.24. The van der Waals surface area contributed by atoms with Crippen LogP contribution in [0.1, 0.15) is 48.7 Å². The largest absolute Gasteiger partial charge is 0.352 e. The molecule has 0 saturated carbocycles. The van der Waals surface area contributed by atoms with E-state index >= 15 is 0 Å². The first-order valence-corrected chi connectivity index (χ1v) is 11.0. The Morgan fingerprint density at radius 1 is 1.00 bits per heavy atom. The highest BCUT2D eigenvalue weighted by Gasteiger charge is 2.28. The third-order valence-electron chi connectivity index (χ3n) is 5.58. The van der Waals surface area contributed by atoms with Crippen LogP contribution in [0.5, 0.6) is 0 Å². The monoisotopic (exact) mass is 427 g/mol. The molecule has 1 aliphatic heterocycles. The molecule has 6 heteroatoms. The van der Waals surface area contributed by atoms with E-state index < -0.39 is 6.04 Å². The molecule has 0 aromatic heterocycles. The number of carbonyl (C=O) groups is 2. The summed E-state index contributed by atoms with van der Waals surface area (Å²) in [6.45, 7) is 6.46. The van der Waals surface area contributed by atoms with E-state index in [4.69, 9.17) is 11.6 Å². The van der Waals surface area contributed by atoms with Crippen LogP contribution in [0.4, 0.5) is 0 Å². The maximum Gasteiger partial charge on any atom is 0.251 e. The molecule has 2 N–H and O–H groups in total. The standard InChI is InChI=1S/C24H30ClN3O2/c1-17(2)22(27-23(29)19-10-12-20(25)13-11-19)24(30)26-16-21(28-14-6-7-15-28)18-8-4-3-5-9-18/h3-5,8-13,17,21-22H,6-7,14-16H2,1-2H3,(H,26,30)(H,27,29)/t21-,22+/m1/s1. The number of hydrogen-bond donors (Lipinski definition) is 2. The molecule has 1 heterocycles. The van der Waals surface area contributed by atoms with Gasteiger partial charge in [-0.1, -0.05) is 55.8 Å². The van der Waals surface area contributed by atoms with Gasteiger partial charge in [-0.2, -0.15) is 0 Å². The number of hydrogen-bond acceptors (Lipinski definition) is 3. The van der Waals surface area contributed by atoms with Crippen LogP contribution in [0.2, 0.25) is 5.02 Å². The van der Waals surface area contributed by atoms with Crippen LogP contribution >= 0.6 is 11.6 Å². The highest BCUT2D eigenvalue weighted by molar-refractivity contribution is 6.30. The Labute approximate surface area is 183 Å². The Bertz CT molecular complexity index is 833. The van der Waals surface area contributed by atoms with E-state index in [9.17, 15) is 9.59 Å². The Morgan fingerprint density at radius 3 is 2.23 bits per heavy atom. The molecular weight excluding hydrogens is 398 g/mol. The number of halogens is 1. The van der Waals surface area contributed by atoms with E-state index in [0.29, 0.717) is 17.1 Å². The van der Waals surface area contributed by atoms with E-state index in [1.54, 1.807) is 24.3 Å². The second-order valence-corrected chi connectivity index (χ2v) is 8.55. The van der Waals surface area contributed by atoms with Crippen molar-refractivity contribution >= 4 is 23.4 Å². The number of rotatable bonds is 8. The molecule has 30 heavy (non-hydrogen) atoms. The van der Waals surface area contributed by atoms with Crippen LogP contribution in [0.15, 0.2) is 54.6 Å². The van der Waals surface area contributed by atoms with Crippen molar-refractivity contribution in [3.63, 3.8) is 0 Å². The van der Waals surface area contributed by atoms with Crippen LogP contribution in [0.25, 0.3) is 0 Å². The Morgan fingerprint density at radius 2 is 1.63 bits per heavy atom. The molecule has 5 nitrogen and oxygen atoms in total. The van der Waals surface area contributed by atoms with E-state index in [1.807, 2.05) is 32.0 Å². The summed E-state index contributed by atoms with van der Waals surface area (Å²) in [5.41, 5.74) is 1.68. The van der Waals surface area contributed by atoms with Gasteiger partial charge in [-0.25, -0.2) is 0 Å². The summed E-state index contributed by atoms with van der Waals surface area (Å²) in [7, 11) is 0. The molecular formula is C24H30ClN3O2. The first-order chi connectivity index (χ1) is 14.5. The number of amides is 2. The van der Waals surface area contributed by atoms with Crippen molar-refractivity contribution in [1.29, 1.82) is 0 Å². The Balaban J connectivity index is 1.66. The lowest BCUT2D eigenvalue weighted by atomic mass is 10.0. The van der Waals surface area contributed by atoms with Gasteiger partial charge in [0, 0.05) is 17.1 Å². The summed E-state index contributed by atoms with van der Waals surface area (Å²) in [6.07, 6.45) is 2.37. The molecule has 160 valence electrons. The van der Waals surface area contributed by atoms with Crippen molar-refractivity contribution in [3.05, 3.63) is 70.7 Å². The van der Waals surface area contributed by atoms with Crippen molar-refractivity contribution in [3.8, 4) is 0 Å². The molecule has 2 aromatic rings. The minimum absolute atomic E-state index is 0.0387. The first-order valence-electron chi connectivity index (χ1n) is 10.6. The van der Waals surface area contributed by atoms with Crippen LogP contribution in [0, 0.1) is 5.92 Å². The van der Waals surface area contributed by atoms with Crippen molar-refractivity contribution in [1.82, 2.24) is 15.5 Å². The summed E-state index contributed by atoms with van der Waals surface area (Å²) < 4.78 is 0. The topological polar surface area (TPSA) is 61.4 Å². The van der Waals surface area contributed by atoms with E-state index in [0.717, 1.165) is 13.1 Å². The molecule has 0 radical (unpaired) electrons. The molecule has 0 bridgehead atoms. The van der Waals surface area contributed by atoms with Crippen LogP contribution in [-0.2, 0) is 4.79 Å². The van der Waals surface area contributed by atoms with Crippen LogP contribution < -0.4 is 10.6 Å². The first kappa shape index (κ1) is 22.3. The predicted molar refractivity (Wildman–Crippen MR) is 121 cm³/mol. The average Bonchev–Trinajstić information content (AvgIpc) is 3.27. The molecule has 2 aromatic carbocycles. The van der Waals surface area contributed by atoms with Crippen molar-refractivity contribution in [2.24, 2.45) is 5.92 Å². The predicted octanol–water partition coefficient (Wildman–Crippen LogP) is 4.05. The average molecular weight is 428 g/mol. The molecule has 2 amide bonds. The number of likely N-dealkylation sites (tertiary alicyclic amines) is 1. The van der Waals surface area contributed by atoms with Gasteiger partial charge in [-0.05, 0) is 61.7 Å². The molecule has 1 fully saturated rings. The second kappa shape index (κ2) is 10.6. The molecule has 0 unspecified atom stereocenters. The summed E-state index contributed by atoms with van der Waals surface area (Å²) in [5, 5.41) is 6.53. The smallest absolute Gasteiger partial charge is 0.251 e. The molecule has 1 saturated heterocycles. The zero-order valence-electron chi connectivity index (χ0n) is 17.6. The third kappa shape index (κ3) is 5.83. The molecule has 2 atom stereocenters. The van der Waals surface area contributed by atoms with Crippen molar-refractivity contribution in [2.45, 2.75) is 38.8 Å². The fourth-order valence-corrected chi connectivity index (χ4v) is 3.98. The highest BCUT2D eigenvalue weighted by atomic mass is 35.5. The lowest BCUT2D eigenvalue weighted by Gasteiger charge is -2.29. The van der Waals surface area contributed by atoms with Gasteiger partial charge in [0.2, 0.25) is 5.91 Å². The quantitative estimate of drug-likeness (QED) is 0.668. The van der Waals surface area contributed by atoms with Gasteiger partial charge in [0.1, 0.15) is 6.04 Å². The summed E-state index contributed by atoms with van der Waals surface area (Å²) in [5.74, 6) is -0.477. The molecule has 0 spiro atoms. The normalized spacial score (nSPS) is 16.3. The van der Waals surface area contributed by atoms with Gasteiger partial charge in [0.15, 0.2) is 0 Å². The minimum Gasteiger partial charge on any atom is -0.352 e. The van der Waals surface area contributed by atoms with E-state index in [-0.39, 0.29) is 23.8 Å². The Kier molecular flexibility index (Phi) is 7.88. The summed E-state index contributed by atoms with van der Waals surface area (Å²) >= 11 is 5.90. The summed E-state index contributed by atoms with van der Waals surface area (Å²) in [4.78, 5) is 28.0. The minimum atomic E-state index is -0.608. The SMILES string of the molecule is CC(C)[C@H](NC(=O)c1ccc(Cl)cc1)C(=O)NC[C@H](c1ccccc1)N1CCCC1. The van der Waals surface area contributed by atoms with Crippen molar-refractivity contribution in [2.75, 3.05) is 19.6 Å². The van der Waals surface area contributed by atoms with Gasteiger partial charge >= 0.3 is 0 Å². The molecule has 0 aliphatic carbocycles. The second-order valence-electron chi connectivity index (χ2n) is 8.12. The van der Waals surface area contributed by atoms with Gasteiger partial charge in [0.25, 0.3) is 5.91 Å². The lowest BCUT2D eigenvalue weighted by Crippen LogP contribution is -2.51. The van der Waals surface area contributed by atoms with Gasteiger partial charge in [-0.3, -0.25) is 14.5 Å². The third-order valence-corrected chi connectivity index (χ3v) is 5.83. The van der Waals surface area contributed by atoms with Gasteiger partial charge in [0.05, 0.1) is 6.04 Å². The fourth-order valence-electron chi connectivity index (χ4n) is 3.85. The van der Waals surface area contributed by atoms with Crippen LogP contribution in [0.3, 0.4) is 0 Å². The zero-order chi connectivity index (χ0) is 21.5. The number of carbonyl (C=O) groups excluding carboxylic acids is 2. The number of nitrogens with one attached hydrogen (secondary N) is 2. The lowest BCUT2D eigenvalue weighted by molar-refractivity contribution is -0.124. The van der Waals surface area contributed by atoms with Gasteiger partial charge < -0.3 is 10.6 Å². The van der Waals surface area contributed by atoms with E-state index in [2.05, 4.69) is 27.7 Å². The maximum absolute atomic E-state index is 13.0. The van der Waals surface area contributed by atoms with E-state index in [1.165, 1.54) is 18.4 Å². The van der Waals surface area contributed by atoms with Crippen molar-refractivity contribution < 1.29 is 9.59 Å². The zero-order valence-corrected chi connectivity index (χ0v) is 18.4. The van der Waals surface area contributed by atoms with Gasteiger partial charge in [-0.15, -0.1) is 0 Å². The number of nitrogens with zero attached hydrogens (tertiary/aromatic N) is 1. The maximum atomic E-state index is 13.0. The summed E-state index contributed by atoms with van der Waals surface area (Å²) in [6, 6.07) is 16.5. The number of benzene rings is 2. The Hall–Kier alpha value is -2.37. The molecule has 1 aliphatic rings. The molecule has 3 rings (SSSR count).